The fourth-order valence-corrected chi connectivity index (χ4v) is 2.56. The first-order valence-electron chi connectivity index (χ1n) is 6.76. The third kappa shape index (κ3) is 4.19. The number of carbonyl (C=O) groups excluding carboxylic acids is 1. The summed E-state index contributed by atoms with van der Waals surface area (Å²) in [7, 11) is 0. The Morgan fingerprint density at radius 1 is 1.43 bits per heavy atom. The van der Waals surface area contributed by atoms with Gasteiger partial charge in [-0.1, -0.05) is 17.8 Å². The van der Waals surface area contributed by atoms with Gasteiger partial charge in [-0.3, -0.25) is 9.59 Å². The second-order valence-corrected chi connectivity index (χ2v) is 5.38. The van der Waals surface area contributed by atoms with Crippen LogP contribution in [0.3, 0.4) is 0 Å². The summed E-state index contributed by atoms with van der Waals surface area (Å²) in [5, 5.41) is 6.78. The maximum absolute atomic E-state index is 12.1. The van der Waals surface area contributed by atoms with Crippen LogP contribution in [0.1, 0.15) is 40.2 Å². The topological polar surface area (TPSA) is 101 Å². The van der Waals surface area contributed by atoms with Gasteiger partial charge in [0.2, 0.25) is 0 Å². The Morgan fingerprint density at radius 2 is 2.24 bits per heavy atom. The van der Waals surface area contributed by atoms with Crippen LogP contribution in [0, 0.1) is 6.92 Å². The van der Waals surface area contributed by atoms with Crippen molar-refractivity contribution in [3.63, 3.8) is 0 Å². The normalized spacial score (nSPS) is 10.6. The van der Waals surface area contributed by atoms with Crippen molar-refractivity contribution in [2.24, 2.45) is 0 Å². The van der Waals surface area contributed by atoms with Crippen molar-refractivity contribution in [3.8, 4) is 0 Å². The Labute approximate surface area is 126 Å². The van der Waals surface area contributed by atoms with Crippen molar-refractivity contribution < 1.29 is 4.79 Å². The van der Waals surface area contributed by atoms with Crippen LogP contribution in [0.4, 0.5) is 0 Å². The van der Waals surface area contributed by atoms with Gasteiger partial charge in [-0.2, -0.15) is 0 Å². The summed E-state index contributed by atoms with van der Waals surface area (Å²) in [6, 6.07) is 1.44. The van der Waals surface area contributed by atoms with Crippen molar-refractivity contribution in [3.05, 3.63) is 38.5 Å². The molecule has 0 saturated carbocycles. The largest absolute Gasteiger partial charge is 0.351 e. The molecule has 0 aromatic carbocycles. The predicted molar refractivity (Wildman–Crippen MR) is 79.5 cm³/mol. The molecule has 1 amide bonds. The highest BCUT2D eigenvalue weighted by atomic mass is 32.1. The summed E-state index contributed by atoms with van der Waals surface area (Å²) in [6.45, 7) is 4.17. The molecule has 0 saturated heterocycles. The highest BCUT2D eigenvalue weighted by molar-refractivity contribution is 7.08. The van der Waals surface area contributed by atoms with Crippen molar-refractivity contribution in [2.75, 3.05) is 6.54 Å². The second-order valence-electron chi connectivity index (χ2n) is 4.63. The van der Waals surface area contributed by atoms with Gasteiger partial charge in [0.05, 0.1) is 5.69 Å². The molecule has 0 unspecified atom stereocenters. The van der Waals surface area contributed by atoms with Gasteiger partial charge >= 0.3 is 0 Å². The van der Waals surface area contributed by atoms with Crippen molar-refractivity contribution >= 4 is 17.4 Å². The molecule has 2 aromatic heterocycles. The molecular formula is C13H17N5O2S. The molecule has 2 heterocycles. The molecule has 2 rings (SSSR count). The molecule has 2 N–H and O–H groups in total. The number of aryl methyl sites for hydroxylation is 2. The van der Waals surface area contributed by atoms with Gasteiger partial charge in [-0.25, -0.2) is 4.98 Å². The first kappa shape index (κ1) is 15.3. The molecule has 0 bridgehead atoms. The molecule has 0 radical (unpaired) electrons. The minimum Gasteiger partial charge on any atom is -0.351 e. The van der Waals surface area contributed by atoms with Crippen LogP contribution < -0.4 is 10.9 Å². The van der Waals surface area contributed by atoms with E-state index in [0.717, 1.165) is 30.1 Å². The van der Waals surface area contributed by atoms with Crippen LogP contribution in [0.15, 0.2) is 10.9 Å². The van der Waals surface area contributed by atoms with E-state index in [4.69, 9.17) is 0 Å². The Bertz CT molecular complexity index is 679. The quantitative estimate of drug-likeness (QED) is 0.824. The summed E-state index contributed by atoms with van der Waals surface area (Å²) in [5.41, 5.74) is 1.22. The average molecular weight is 307 g/mol. The number of carbonyl (C=O) groups is 1. The number of hydrogen-bond acceptors (Lipinski definition) is 6. The number of H-pyrrole nitrogens is 1. The average Bonchev–Trinajstić information content (AvgIpc) is 2.86. The number of aromatic amines is 1. The van der Waals surface area contributed by atoms with Gasteiger partial charge in [0, 0.05) is 24.7 Å². The minimum atomic E-state index is -0.180. The Balaban J connectivity index is 1.92. The van der Waals surface area contributed by atoms with E-state index in [9.17, 15) is 9.59 Å². The van der Waals surface area contributed by atoms with E-state index >= 15 is 0 Å². The molecule has 8 heteroatoms. The molecule has 2 aromatic rings. The zero-order valence-electron chi connectivity index (χ0n) is 12.0. The van der Waals surface area contributed by atoms with E-state index in [-0.39, 0.29) is 11.5 Å². The zero-order valence-corrected chi connectivity index (χ0v) is 12.8. The van der Waals surface area contributed by atoms with Gasteiger partial charge in [0.15, 0.2) is 0 Å². The fourth-order valence-electron chi connectivity index (χ4n) is 1.94. The molecule has 7 nitrogen and oxygen atoms in total. The SMILES string of the molecule is CCCc1nnsc1C(=O)NCCc1cc(=O)[nH]c(C)n1. The molecular weight excluding hydrogens is 290 g/mol. The van der Waals surface area contributed by atoms with Gasteiger partial charge in [-0.05, 0) is 24.9 Å². The van der Waals surface area contributed by atoms with Crippen molar-refractivity contribution in [1.29, 1.82) is 0 Å². The lowest BCUT2D eigenvalue weighted by atomic mass is 10.2. The highest BCUT2D eigenvalue weighted by Crippen LogP contribution is 2.12. The maximum atomic E-state index is 12.1. The van der Waals surface area contributed by atoms with Crippen LogP contribution in [0.25, 0.3) is 0 Å². The first-order chi connectivity index (χ1) is 10.1. The highest BCUT2D eigenvalue weighted by Gasteiger charge is 2.15. The lowest BCUT2D eigenvalue weighted by molar-refractivity contribution is 0.0957. The van der Waals surface area contributed by atoms with Crippen LogP contribution in [0.5, 0.6) is 0 Å². The number of amides is 1. The molecule has 0 atom stereocenters. The van der Waals surface area contributed by atoms with E-state index in [1.54, 1.807) is 6.92 Å². The molecule has 112 valence electrons. The van der Waals surface area contributed by atoms with Crippen LogP contribution in [-0.4, -0.2) is 32.0 Å². The monoisotopic (exact) mass is 307 g/mol. The lowest BCUT2D eigenvalue weighted by Gasteiger charge is -2.04. The Hall–Kier alpha value is -2.09. The van der Waals surface area contributed by atoms with Crippen LogP contribution in [0.2, 0.25) is 0 Å². The van der Waals surface area contributed by atoms with Crippen LogP contribution in [-0.2, 0) is 12.8 Å². The maximum Gasteiger partial charge on any atom is 0.264 e. The number of nitrogens with one attached hydrogen (secondary N) is 2. The standard InChI is InChI=1S/C13H17N5O2S/c1-3-4-10-12(21-18-17-10)13(20)14-6-5-9-7-11(19)16-8(2)15-9/h7H,3-6H2,1-2H3,(H,14,20)(H,15,16,19). The second kappa shape index (κ2) is 7.07. The fraction of sp³-hybridized carbons (Fsp3) is 0.462. The van der Waals surface area contributed by atoms with Gasteiger partial charge in [0.1, 0.15) is 10.7 Å². The first-order valence-corrected chi connectivity index (χ1v) is 7.53. The third-order valence-corrected chi connectivity index (χ3v) is 3.60. The van der Waals surface area contributed by atoms with Gasteiger partial charge in [-0.15, -0.1) is 5.10 Å². The molecule has 0 aliphatic rings. The van der Waals surface area contributed by atoms with E-state index in [0.29, 0.717) is 29.4 Å². The van der Waals surface area contributed by atoms with E-state index in [1.807, 2.05) is 6.92 Å². The van der Waals surface area contributed by atoms with Crippen LogP contribution >= 0.6 is 11.5 Å². The predicted octanol–water partition coefficient (Wildman–Crippen LogP) is 0.855. The summed E-state index contributed by atoms with van der Waals surface area (Å²) >= 11 is 1.10. The number of hydrogen-bond donors (Lipinski definition) is 2. The zero-order chi connectivity index (χ0) is 15.2. The van der Waals surface area contributed by atoms with E-state index in [2.05, 4.69) is 24.9 Å². The summed E-state index contributed by atoms with van der Waals surface area (Å²) in [6.07, 6.45) is 2.17. The number of rotatable bonds is 6. The number of nitrogens with zero attached hydrogens (tertiary/aromatic N) is 3. The molecule has 0 fully saturated rings. The smallest absolute Gasteiger partial charge is 0.264 e. The molecule has 0 spiro atoms. The molecule has 0 aliphatic carbocycles. The van der Waals surface area contributed by atoms with Crippen molar-refractivity contribution in [1.82, 2.24) is 24.9 Å². The summed E-state index contributed by atoms with van der Waals surface area (Å²) in [5.74, 6) is 0.399. The third-order valence-electron chi connectivity index (χ3n) is 2.83. The lowest BCUT2D eigenvalue weighted by Crippen LogP contribution is -2.26. The Kier molecular flexibility index (Phi) is 5.15. The van der Waals surface area contributed by atoms with E-state index in [1.165, 1.54) is 6.07 Å². The summed E-state index contributed by atoms with van der Waals surface area (Å²) in [4.78, 5) is 30.7. The van der Waals surface area contributed by atoms with E-state index < -0.39 is 0 Å². The Morgan fingerprint density at radius 3 is 2.95 bits per heavy atom. The molecule has 0 aliphatic heterocycles. The molecule has 21 heavy (non-hydrogen) atoms. The summed E-state index contributed by atoms with van der Waals surface area (Å²) < 4.78 is 3.82. The van der Waals surface area contributed by atoms with Gasteiger partial charge < -0.3 is 10.3 Å². The minimum absolute atomic E-state index is 0.171. The van der Waals surface area contributed by atoms with Crippen molar-refractivity contribution in [2.45, 2.75) is 33.1 Å². The van der Waals surface area contributed by atoms with Gasteiger partial charge in [0.25, 0.3) is 11.5 Å². The number of aromatic nitrogens is 4.